The summed E-state index contributed by atoms with van der Waals surface area (Å²) in [5.41, 5.74) is 3.05. The Hall–Kier alpha value is -2.86. The van der Waals surface area contributed by atoms with Gasteiger partial charge in [0, 0.05) is 50.7 Å². The van der Waals surface area contributed by atoms with Crippen LogP contribution in [0.15, 0.2) is 48.5 Å². The number of hydrogen-bond donors (Lipinski definition) is 0. The molecule has 0 N–H and O–H groups in total. The Morgan fingerprint density at radius 1 is 0.909 bits per heavy atom. The number of carbonyl (C=O) groups excluding carboxylic acids is 2. The van der Waals surface area contributed by atoms with E-state index in [1.165, 1.54) is 5.56 Å². The van der Waals surface area contributed by atoms with Crippen LogP contribution in [0.25, 0.3) is 0 Å². The number of piperazine rings is 1. The van der Waals surface area contributed by atoms with E-state index >= 15 is 0 Å². The summed E-state index contributed by atoms with van der Waals surface area (Å²) in [6.45, 7) is 10.8. The zero-order valence-electron chi connectivity index (χ0n) is 20.4. The summed E-state index contributed by atoms with van der Waals surface area (Å²) in [6.07, 6.45) is 1.19. The quantitative estimate of drug-likeness (QED) is 0.581. The Balaban J connectivity index is 1.46. The predicted octanol–water partition coefficient (Wildman–Crippen LogP) is 3.84. The third-order valence-electron chi connectivity index (χ3n) is 6.43. The molecule has 1 aliphatic rings. The zero-order valence-corrected chi connectivity index (χ0v) is 20.4. The third kappa shape index (κ3) is 6.81. The van der Waals surface area contributed by atoms with E-state index in [0.29, 0.717) is 50.6 Å². The van der Waals surface area contributed by atoms with Crippen molar-refractivity contribution in [3.63, 3.8) is 0 Å². The highest BCUT2D eigenvalue weighted by molar-refractivity contribution is 5.94. The minimum atomic E-state index is 0.0445. The van der Waals surface area contributed by atoms with Gasteiger partial charge in [0.1, 0.15) is 5.75 Å². The Bertz CT molecular complexity index is 901. The summed E-state index contributed by atoms with van der Waals surface area (Å²) >= 11 is 0. The maximum absolute atomic E-state index is 12.9. The second kappa shape index (κ2) is 11.8. The SMILES string of the molecule is CCN(Cc1ccc(C(=O)N2CCN(C(=O)CCc3ccc(OC)cc3)CC2)cc1)C(C)C. The van der Waals surface area contributed by atoms with Crippen LogP contribution in [0, 0.1) is 0 Å². The van der Waals surface area contributed by atoms with Gasteiger partial charge in [0.05, 0.1) is 7.11 Å². The second-order valence-electron chi connectivity index (χ2n) is 8.87. The molecule has 0 aromatic heterocycles. The number of ether oxygens (including phenoxy) is 1. The summed E-state index contributed by atoms with van der Waals surface area (Å²) in [7, 11) is 1.64. The van der Waals surface area contributed by atoms with Crippen LogP contribution in [0.1, 0.15) is 48.7 Å². The van der Waals surface area contributed by atoms with Crippen LogP contribution in [0.5, 0.6) is 5.75 Å². The van der Waals surface area contributed by atoms with Gasteiger partial charge >= 0.3 is 0 Å². The number of amides is 2. The molecule has 6 heteroatoms. The summed E-state index contributed by atoms with van der Waals surface area (Å²) < 4.78 is 5.18. The van der Waals surface area contributed by atoms with E-state index in [4.69, 9.17) is 4.74 Å². The number of methoxy groups -OCH3 is 1. The molecule has 0 saturated carbocycles. The topological polar surface area (TPSA) is 53.1 Å². The normalized spacial score (nSPS) is 14.1. The first-order chi connectivity index (χ1) is 15.9. The smallest absolute Gasteiger partial charge is 0.253 e. The molecule has 2 amide bonds. The van der Waals surface area contributed by atoms with Crippen molar-refractivity contribution < 1.29 is 14.3 Å². The van der Waals surface area contributed by atoms with Crippen molar-refractivity contribution >= 4 is 11.8 Å². The Morgan fingerprint density at radius 3 is 2.03 bits per heavy atom. The summed E-state index contributed by atoms with van der Waals surface area (Å²) in [5, 5.41) is 0. The van der Waals surface area contributed by atoms with Crippen molar-refractivity contribution in [3.8, 4) is 5.75 Å². The van der Waals surface area contributed by atoms with Crippen molar-refractivity contribution in [1.29, 1.82) is 0 Å². The predicted molar refractivity (Wildman–Crippen MR) is 131 cm³/mol. The van der Waals surface area contributed by atoms with Gasteiger partial charge < -0.3 is 14.5 Å². The summed E-state index contributed by atoms with van der Waals surface area (Å²) in [4.78, 5) is 31.7. The first-order valence-corrected chi connectivity index (χ1v) is 11.9. The first kappa shape index (κ1) is 24.8. The van der Waals surface area contributed by atoms with E-state index in [1.807, 2.05) is 46.2 Å². The summed E-state index contributed by atoms with van der Waals surface area (Å²) in [6, 6.07) is 16.3. The molecule has 0 bridgehead atoms. The van der Waals surface area contributed by atoms with Gasteiger partial charge in [-0.25, -0.2) is 0 Å². The van der Waals surface area contributed by atoms with Crippen LogP contribution >= 0.6 is 0 Å². The minimum absolute atomic E-state index is 0.0445. The van der Waals surface area contributed by atoms with Crippen LogP contribution < -0.4 is 4.74 Å². The monoisotopic (exact) mass is 451 g/mol. The average molecular weight is 452 g/mol. The van der Waals surface area contributed by atoms with E-state index < -0.39 is 0 Å². The minimum Gasteiger partial charge on any atom is -0.497 e. The molecule has 1 heterocycles. The maximum atomic E-state index is 12.9. The van der Waals surface area contributed by atoms with Gasteiger partial charge in [-0.05, 0) is 62.2 Å². The van der Waals surface area contributed by atoms with Gasteiger partial charge in [0.15, 0.2) is 0 Å². The lowest BCUT2D eigenvalue weighted by molar-refractivity contribution is -0.132. The number of rotatable bonds is 9. The molecular formula is C27H37N3O3. The van der Waals surface area contributed by atoms with Gasteiger partial charge in [-0.15, -0.1) is 0 Å². The van der Waals surface area contributed by atoms with E-state index in [9.17, 15) is 9.59 Å². The largest absolute Gasteiger partial charge is 0.497 e. The molecule has 0 spiro atoms. The van der Waals surface area contributed by atoms with E-state index in [0.717, 1.165) is 24.4 Å². The van der Waals surface area contributed by atoms with Crippen LogP contribution in [-0.4, -0.2) is 72.4 Å². The Labute approximate surface area is 198 Å². The van der Waals surface area contributed by atoms with Crippen molar-refractivity contribution in [3.05, 3.63) is 65.2 Å². The summed E-state index contributed by atoms with van der Waals surface area (Å²) in [5.74, 6) is 1.01. The van der Waals surface area contributed by atoms with E-state index in [1.54, 1.807) is 7.11 Å². The molecule has 3 rings (SSSR count). The highest BCUT2D eigenvalue weighted by Crippen LogP contribution is 2.15. The van der Waals surface area contributed by atoms with Crippen LogP contribution in [-0.2, 0) is 17.8 Å². The first-order valence-electron chi connectivity index (χ1n) is 11.9. The molecule has 2 aromatic rings. The molecule has 6 nitrogen and oxygen atoms in total. The van der Waals surface area contributed by atoms with E-state index in [2.05, 4.69) is 37.8 Å². The Kier molecular flexibility index (Phi) is 8.89. The number of nitrogens with zero attached hydrogens (tertiary/aromatic N) is 3. The highest BCUT2D eigenvalue weighted by Gasteiger charge is 2.24. The number of aryl methyl sites for hydroxylation is 1. The fourth-order valence-corrected chi connectivity index (χ4v) is 4.19. The molecule has 33 heavy (non-hydrogen) atoms. The lowest BCUT2D eigenvalue weighted by atomic mass is 10.1. The molecule has 0 atom stereocenters. The second-order valence-corrected chi connectivity index (χ2v) is 8.87. The number of hydrogen-bond acceptors (Lipinski definition) is 4. The average Bonchev–Trinajstić information content (AvgIpc) is 2.86. The fraction of sp³-hybridized carbons (Fsp3) is 0.481. The van der Waals surface area contributed by atoms with Crippen molar-refractivity contribution in [2.45, 2.75) is 46.2 Å². The van der Waals surface area contributed by atoms with Gasteiger partial charge in [0.2, 0.25) is 5.91 Å². The lowest BCUT2D eigenvalue weighted by Gasteiger charge is -2.35. The molecule has 1 fully saturated rings. The van der Waals surface area contributed by atoms with Crippen LogP contribution in [0.3, 0.4) is 0 Å². The molecule has 1 saturated heterocycles. The molecule has 0 radical (unpaired) electrons. The van der Waals surface area contributed by atoms with E-state index in [-0.39, 0.29) is 11.8 Å². The molecular weight excluding hydrogens is 414 g/mol. The number of benzene rings is 2. The van der Waals surface area contributed by atoms with Crippen molar-refractivity contribution in [1.82, 2.24) is 14.7 Å². The van der Waals surface area contributed by atoms with Crippen LogP contribution in [0.2, 0.25) is 0 Å². The van der Waals surface area contributed by atoms with Crippen molar-refractivity contribution in [2.24, 2.45) is 0 Å². The molecule has 1 aliphatic heterocycles. The van der Waals surface area contributed by atoms with Crippen LogP contribution in [0.4, 0.5) is 0 Å². The Morgan fingerprint density at radius 2 is 1.48 bits per heavy atom. The molecule has 0 aliphatic carbocycles. The maximum Gasteiger partial charge on any atom is 0.253 e. The van der Waals surface area contributed by atoms with Gasteiger partial charge in [-0.3, -0.25) is 14.5 Å². The molecule has 0 unspecified atom stereocenters. The number of carbonyl (C=O) groups is 2. The third-order valence-corrected chi connectivity index (χ3v) is 6.43. The zero-order chi connectivity index (χ0) is 23.8. The van der Waals surface area contributed by atoms with Gasteiger partial charge in [-0.2, -0.15) is 0 Å². The lowest BCUT2D eigenvalue weighted by Crippen LogP contribution is -2.50. The molecule has 178 valence electrons. The van der Waals surface area contributed by atoms with Gasteiger partial charge in [-0.1, -0.05) is 31.2 Å². The standard InChI is InChI=1S/C27H37N3O3/c1-5-28(21(2)3)20-23-6-11-24(12-7-23)27(32)30-18-16-29(17-19-30)26(31)15-10-22-8-13-25(33-4)14-9-22/h6-9,11-14,21H,5,10,15-20H2,1-4H3. The fourth-order valence-electron chi connectivity index (χ4n) is 4.19. The van der Waals surface area contributed by atoms with Crippen molar-refractivity contribution in [2.75, 3.05) is 39.8 Å². The molecule has 2 aromatic carbocycles. The highest BCUT2D eigenvalue weighted by atomic mass is 16.5. The van der Waals surface area contributed by atoms with Gasteiger partial charge in [0.25, 0.3) is 5.91 Å².